The molecular formula is C11H18N2O3. The number of hydrogen-bond donors (Lipinski definition) is 1. The normalized spacial score (nSPS) is 24.4. The first-order valence-corrected chi connectivity index (χ1v) is 5.94. The highest BCUT2D eigenvalue weighted by atomic mass is 16.6. The lowest BCUT2D eigenvalue weighted by Crippen LogP contribution is -2.34. The van der Waals surface area contributed by atoms with Crippen molar-refractivity contribution in [3.8, 4) is 0 Å². The lowest BCUT2D eigenvalue weighted by molar-refractivity contribution is -0.121. The fourth-order valence-electron chi connectivity index (χ4n) is 1.88. The molecule has 1 aliphatic heterocycles. The Balaban J connectivity index is 1.71. The number of nitrogens with one attached hydrogen (secondary N) is 1. The number of carbonyl (C=O) groups excluding carboxylic acids is 2. The standard InChI is InChI=1S/C11H18N2O3/c1-2-3-10(14)12-6-9-7-13(8-4-5-8)11(15)16-9/h8-9H,2-7H2,1H3,(H,12,14). The van der Waals surface area contributed by atoms with Crippen molar-refractivity contribution in [2.24, 2.45) is 0 Å². The summed E-state index contributed by atoms with van der Waals surface area (Å²) < 4.78 is 5.18. The molecule has 1 heterocycles. The van der Waals surface area contributed by atoms with Gasteiger partial charge in [-0.3, -0.25) is 4.79 Å². The van der Waals surface area contributed by atoms with E-state index in [1.807, 2.05) is 6.92 Å². The summed E-state index contributed by atoms with van der Waals surface area (Å²) in [6.07, 6.45) is 3.15. The maximum Gasteiger partial charge on any atom is 0.410 e. The van der Waals surface area contributed by atoms with E-state index in [1.165, 1.54) is 0 Å². The average Bonchev–Trinajstić information content (AvgIpc) is 3.01. The summed E-state index contributed by atoms with van der Waals surface area (Å²) >= 11 is 0. The second-order valence-electron chi connectivity index (χ2n) is 4.44. The topological polar surface area (TPSA) is 58.6 Å². The molecule has 1 atom stereocenters. The van der Waals surface area contributed by atoms with E-state index < -0.39 is 0 Å². The van der Waals surface area contributed by atoms with Crippen LogP contribution < -0.4 is 5.32 Å². The molecule has 0 aromatic carbocycles. The molecule has 1 unspecified atom stereocenters. The summed E-state index contributed by atoms with van der Waals surface area (Å²) in [5.74, 6) is 0.0309. The van der Waals surface area contributed by atoms with Crippen LogP contribution in [0.1, 0.15) is 32.6 Å². The van der Waals surface area contributed by atoms with Crippen LogP contribution in [0.4, 0.5) is 4.79 Å². The maximum atomic E-state index is 11.4. The van der Waals surface area contributed by atoms with Crippen LogP contribution in [0, 0.1) is 0 Å². The van der Waals surface area contributed by atoms with E-state index in [4.69, 9.17) is 4.74 Å². The summed E-state index contributed by atoms with van der Waals surface area (Å²) in [4.78, 5) is 24.4. The molecule has 5 heteroatoms. The fourth-order valence-corrected chi connectivity index (χ4v) is 1.88. The molecular weight excluding hydrogens is 208 g/mol. The molecule has 0 aromatic rings. The van der Waals surface area contributed by atoms with E-state index in [-0.39, 0.29) is 18.1 Å². The first-order valence-electron chi connectivity index (χ1n) is 5.94. The van der Waals surface area contributed by atoms with Gasteiger partial charge in [-0.25, -0.2) is 4.79 Å². The fraction of sp³-hybridized carbons (Fsp3) is 0.818. The van der Waals surface area contributed by atoms with Crippen molar-refractivity contribution in [2.75, 3.05) is 13.1 Å². The van der Waals surface area contributed by atoms with Gasteiger partial charge in [0.2, 0.25) is 5.91 Å². The maximum absolute atomic E-state index is 11.4. The van der Waals surface area contributed by atoms with Crippen LogP contribution in [0.25, 0.3) is 0 Å². The highest BCUT2D eigenvalue weighted by molar-refractivity contribution is 5.76. The van der Waals surface area contributed by atoms with Crippen molar-refractivity contribution in [1.82, 2.24) is 10.2 Å². The molecule has 16 heavy (non-hydrogen) atoms. The molecule has 1 saturated carbocycles. The summed E-state index contributed by atoms with van der Waals surface area (Å²) in [5, 5.41) is 2.78. The van der Waals surface area contributed by atoms with Crippen LogP contribution in [0.3, 0.4) is 0 Å². The minimum Gasteiger partial charge on any atom is -0.442 e. The van der Waals surface area contributed by atoms with Gasteiger partial charge in [0.05, 0.1) is 13.1 Å². The first kappa shape index (κ1) is 11.2. The lowest BCUT2D eigenvalue weighted by Gasteiger charge is -2.11. The Bertz CT molecular complexity index is 289. The predicted octanol–water partition coefficient (Wildman–Crippen LogP) is 0.886. The Morgan fingerprint density at radius 2 is 2.31 bits per heavy atom. The van der Waals surface area contributed by atoms with Gasteiger partial charge in [0.1, 0.15) is 6.10 Å². The van der Waals surface area contributed by atoms with Crippen LogP contribution in [0.2, 0.25) is 0 Å². The number of rotatable bonds is 5. The molecule has 90 valence electrons. The smallest absolute Gasteiger partial charge is 0.410 e. The van der Waals surface area contributed by atoms with Crippen LogP contribution >= 0.6 is 0 Å². The third-order valence-electron chi connectivity index (χ3n) is 2.89. The van der Waals surface area contributed by atoms with Crippen molar-refractivity contribution >= 4 is 12.0 Å². The van der Waals surface area contributed by atoms with E-state index in [0.29, 0.717) is 25.6 Å². The summed E-state index contributed by atoms with van der Waals surface area (Å²) in [7, 11) is 0. The highest BCUT2D eigenvalue weighted by Crippen LogP contribution is 2.30. The van der Waals surface area contributed by atoms with Crippen molar-refractivity contribution in [3.63, 3.8) is 0 Å². The van der Waals surface area contributed by atoms with E-state index in [9.17, 15) is 9.59 Å². The summed E-state index contributed by atoms with van der Waals surface area (Å²) in [6.45, 7) is 3.02. The SMILES string of the molecule is CCCC(=O)NCC1CN(C2CC2)C(=O)O1. The van der Waals surface area contributed by atoms with Gasteiger partial charge in [0, 0.05) is 12.5 Å². The van der Waals surface area contributed by atoms with Gasteiger partial charge in [-0.2, -0.15) is 0 Å². The minimum absolute atomic E-state index is 0.0309. The summed E-state index contributed by atoms with van der Waals surface area (Å²) in [6, 6.07) is 0.392. The number of hydrogen-bond acceptors (Lipinski definition) is 3. The molecule has 1 aliphatic carbocycles. The Kier molecular flexibility index (Phi) is 3.31. The zero-order valence-corrected chi connectivity index (χ0v) is 9.57. The van der Waals surface area contributed by atoms with E-state index in [0.717, 1.165) is 19.3 Å². The largest absolute Gasteiger partial charge is 0.442 e. The van der Waals surface area contributed by atoms with Gasteiger partial charge in [0.25, 0.3) is 0 Å². The number of cyclic esters (lactones) is 1. The molecule has 0 bridgehead atoms. The second kappa shape index (κ2) is 4.72. The zero-order valence-electron chi connectivity index (χ0n) is 9.57. The first-order chi connectivity index (χ1) is 7.70. The quantitative estimate of drug-likeness (QED) is 0.757. The molecule has 2 aliphatic rings. The monoisotopic (exact) mass is 226 g/mol. The Labute approximate surface area is 95.1 Å². The predicted molar refractivity (Wildman–Crippen MR) is 57.9 cm³/mol. The van der Waals surface area contributed by atoms with Crippen molar-refractivity contribution in [2.45, 2.75) is 44.8 Å². The van der Waals surface area contributed by atoms with Crippen LogP contribution in [-0.4, -0.2) is 42.1 Å². The van der Waals surface area contributed by atoms with Crippen molar-refractivity contribution in [1.29, 1.82) is 0 Å². The van der Waals surface area contributed by atoms with E-state index >= 15 is 0 Å². The zero-order chi connectivity index (χ0) is 11.5. The Morgan fingerprint density at radius 3 is 2.94 bits per heavy atom. The van der Waals surface area contributed by atoms with Gasteiger partial charge in [-0.05, 0) is 19.3 Å². The molecule has 0 radical (unpaired) electrons. The Hall–Kier alpha value is -1.26. The van der Waals surface area contributed by atoms with E-state index in [2.05, 4.69) is 5.32 Å². The third kappa shape index (κ3) is 2.65. The molecule has 2 rings (SSSR count). The molecule has 5 nitrogen and oxygen atoms in total. The minimum atomic E-state index is -0.225. The molecule has 1 N–H and O–H groups in total. The number of ether oxygens (including phenoxy) is 1. The van der Waals surface area contributed by atoms with E-state index in [1.54, 1.807) is 4.90 Å². The molecule has 1 saturated heterocycles. The van der Waals surface area contributed by atoms with Gasteiger partial charge in [0.15, 0.2) is 0 Å². The van der Waals surface area contributed by atoms with Gasteiger partial charge >= 0.3 is 6.09 Å². The molecule has 0 aromatic heterocycles. The van der Waals surface area contributed by atoms with Crippen molar-refractivity contribution in [3.05, 3.63) is 0 Å². The number of carbonyl (C=O) groups is 2. The van der Waals surface area contributed by atoms with Gasteiger partial charge in [-0.15, -0.1) is 0 Å². The third-order valence-corrected chi connectivity index (χ3v) is 2.89. The second-order valence-corrected chi connectivity index (χ2v) is 4.44. The van der Waals surface area contributed by atoms with Gasteiger partial charge < -0.3 is 15.0 Å². The number of nitrogens with zero attached hydrogens (tertiary/aromatic N) is 1. The highest BCUT2D eigenvalue weighted by Gasteiger charge is 2.40. The van der Waals surface area contributed by atoms with Gasteiger partial charge in [-0.1, -0.05) is 6.92 Å². The van der Waals surface area contributed by atoms with Crippen molar-refractivity contribution < 1.29 is 14.3 Å². The molecule has 2 fully saturated rings. The molecule has 0 spiro atoms. The number of amides is 2. The summed E-state index contributed by atoms with van der Waals surface area (Å²) in [5.41, 5.74) is 0. The van der Waals surface area contributed by atoms with Crippen LogP contribution in [0.5, 0.6) is 0 Å². The molecule has 2 amide bonds. The van der Waals surface area contributed by atoms with Crippen LogP contribution in [0.15, 0.2) is 0 Å². The van der Waals surface area contributed by atoms with Crippen LogP contribution in [-0.2, 0) is 9.53 Å². The Morgan fingerprint density at radius 1 is 1.56 bits per heavy atom. The lowest BCUT2D eigenvalue weighted by atomic mass is 10.3. The average molecular weight is 226 g/mol.